The van der Waals surface area contributed by atoms with Crippen LogP contribution in [0, 0.1) is 0 Å². The molecule has 0 aliphatic rings. The maximum absolute atomic E-state index is 11.9. The molecular formula is C26H42ClN3O6S2. The number of amides is 1. The van der Waals surface area contributed by atoms with Crippen molar-refractivity contribution in [1.29, 1.82) is 0 Å². The predicted molar refractivity (Wildman–Crippen MR) is 152 cm³/mol. The standard InChI is InChI=1S/C15H24N2O4S.C11H17NO2S.ClH/c1-6-7-13(17-14(18)21-15(2,3)4)11-8-12(10-16-9-11)22(5,19)20;1-4-5-9(2)10-6-11(8-12-7-10)15(3,13)14;/h8-10,13H,6-7H2,1-5H3,(H,17,18);6-9H,4-5H2,1-3H3;1H. The molecule has 0 aromatic carbocycles. The molecule has 0 bridgehead atoms. The first-order valence-corrected chi connectivity index (χ1v) is 16.1. The first-order valence-electron chi connectivity index (χ1n) is 12.3. The molecule has 0 aliphatic carbocycles. The van der Waals surface area contributed by atoms with E-state index in [2.05, 4.69) is 29.1 Å². The van der Waals surface area contributed by atoms with Crippen molar-refractivity contribution in [3.05, 3.63) is 48.0 Å². The summed E-state index contributed by atoms with van der Waals surface area (Å²) in [5.41, 5.74) is 1.06. The van der Waals surface area contributed by atoms with Gasteiger partial charge in [-0.1, -0.05) is 33.6 Å². The normalized spacial score (nSPS) is 13.3. The molecule has 2 heterocycles. The van der Waals surface area contributed by atoms with Crippen LogP contribution in [0.3, 0.4) is 0 Å². The van der Waals surface area contributed by atoms with Gasteiger partial charge in [0.1, 0.15) is 5.60 Å². The third-order valence-corrected chi connectivity index (χ3v) is 7.45. The molecule has 12 heteroatoms. The highest BCUT2D eigenvalue weighted by molar-refractivity contribution is 7.91. The summed E-state index contributed by atoms with van der Waals surface area (Å²) in [6.07, 6.45) is 11.4. The molecule has 0 spiro atoms. The fourth-order valence-electron chi connectivity index (χ4n) is 3.40. The summed E-state index contributed by atoms with van der Waals surface area (Å²) in [6, 6.07) is 2.93. The summed E-state index contributed by atoms with van der Waals surface area (Å²) in [6.45, 7) is 11.5. The van der Waals surface area contributed by atoms with Crippen LogP contribution in [0.1, 0.15) is 90.3 Å². The van der Waals surface area contributed by atoms with E-state index in [1.807, 2.05) is 6.92 Å². The first-order chi connectivity index (χ1) is 17.0. The Balaban J connectivity index is 0.000000750. The maximum atomic E-state index is 11.9. The molecular weight excluding hydrogens is 550 g/mol. The van der Waals surface area contributed by atoms with Crippen LogP contribution in [-0.4, -0.2) is 51.0 Å². The van der Waals surface area contributed by atoms with Gasteiger partial charge in [0.25, 0.3) is 0 Å². The third kappa shape index (κ3) is 13.0. The second-order valence-electron chi connectivity index (χ2n) is 10.1. The highest BCUT2D eigenvalue weighted by Crippen LogP contribution is 2.23. The predicted octanol–water partition coefficient (Wildman–Crippen LogP) is 5.66. The van der Waals surface area contributed by atoms with Gasteiger partial charge in [0.05, 0.1) is 15.8 Å². The fraction of sp³-hybridized carbons (Fsp3) is 0.577. The highest BCUT2D eigenvalue weighted by atomic mass is 35.5. The molecule has 38 heavy (non-hydrogen) atoms. The number of pyridine rings is 2. The molecule has 2 aromatic heterocycles. The number of sulfone groups is 2. The Labute approximate surface area is 234 Å². The Morgan fingerprint density at radius 1 is 0.868 bits per heavy atom. The van der Waals surface area contributed by atoms with E-state index in [0.29, 0.717) is 22.8 Å². The molecule has 0 aliphatic heterocycles. The number of nitrogens with zero attached hydrogens (tertiary/aromatic N) is 2. The number of carbonyl (C=O) groups excluding carboxylic acids is 1. The van der Waals surface area contributed by atoms with Gasteiger partial charge in [-0.25, -0.2) is 21.6 Å². The Bertz CT molecular complexity index is 1250. The quantitative estimate of drug-likeness (QED) is 0.395. The zero-order valence-corrected chi connectivity index (χ0v) is 26.0. The molecule has 1 N–H and O–H groups in total. The number of alkyl carbamates (subject to hydrolysis) is 1. The van der Waals surface area contributed by atoms with E-state index in [4.69, 9.17) is 4.74 Å². The van der Waals surface area contributed by atoms with Crippen LogP contribution in [-0.2, 0) is 24.4 Å². The number of rotatable bonds is 9. The van der Waals surface area contributed by atoms with Gasteiger partial charge in [-0.2, -0.15) is 0 Å². The van der Waals surface area contributed by atoms with Crippen LogP contribution in [0.5, 0.6) is 0 Å². The van der Waals surface area contributed by atoms with E-state index in [1.165, 1.54) is 18.6 Å². The van der Waals surface area contributed by atoms with Crippen molar-refractivity contribution >= 4 is 38.2 Å². The second kappa shape index (κ2) is 15.4. The van der Waals surface area contributed by atoms with Crippen molar-refractivity contribution in [1.82, 2.24) is 15.3 Å². The number of halogens is 1. The highest BCUT2D eigenvalue weighted by Gasteiger charge is 2.21. The Hall–Kier alpha value is -2.24. The van der Waals surface area contributed by atoms with Crippen molar-refractivity contribution in [2.75, 3.05) is 12.5 Å². The monoisotopic (exact) mass is 591 g/mol. The zero-order valence-electron chi connectivity index (χ0n) is 23.5. The lowest BCUT2D eigenvalue weighted by Gasteiger charge is -2.23. The van der Waals surface area contributed by atoms with Crippen molar-refractivity contribution in [2.24, 2.45) is 0 Å². The Morgan fingerprint density at radius 3 is 1.74 bits per heavy atom. The van der Waals surface area contributed by atoms with E-state index < -0.39 is 31.4 Å². The molecule has 0 radical (unpaired) electrons. The van der Waals surface area contributed by atoms with Gasteiger partial charge < -0.3 is 10.1 Å². The molecule has 216 valence electrons. The van der Waals surface area contributed by atoms with E-state index in [-0.39, 0.29) is 23.3 Å². The average Bonchev–Trinajstić information content (AvgIpc) is 2.77. The Kier molecular flexibility index (Phi) is 14.5. The SMILES string of the molecule is CCCC(C)c1cncc(S(C)(=O)=O)c1.CCCC(NC(=O)OC(C)(C)C)c1cncc(S(C)(=O)=O)c1.Cl. The number of hydrogen-bond acceptors (Lipinski definition) is 8. The smallest absolute Gasteiger partial charge is 0.408 e. The number of carbonyl (C=O) groups is 1. The van der Waals surface area contributed by atoms with Gasteiger partial charge in [-0.05, 0) is 62.8 Å². The van der Waals surface area contributed by atoms with E-state index in [0.717, 1.165) is 31.1 Å². The van der Waals surface area contributed by atoms with Crippen LogP contribution in [0.2, 0.25) is 0 Å². The lowest BCUT2D eigenvalue weighted by atomic mass is 9.98. The summed E-state index contributed by atoms with van der Waals surface area (Å²) in [5.74, 6) is 0.365. The summed E-state index contributed by atoms with van der Waals surface area (Å²) in [5, 5.41) is 2.77. The topological polar surface area (TPSA) is 132 Å². The van der Waals surface area contributed by atoms with Crippen molar-refractivity contribution < 1.29 is 26.4 Å². The van der Waals surface area contributed by atoms with Crippen LogP contribution in [0.4, 0.5) is 4.79 Å². The summed E-state index contributed by atoms with van der Waals surface area (Å²) in [7, 11) is -6.47. The minimum Gasteiger partial charge on any atom is -0.444 e. The number of ether oxygens (including phenoxy) is 1. The number of nitrogens with one attached hydrogen (secondary N) is 1. The van der Waals surface area contributed by atoms with Crippen molar-refractivity contribution in [3.8, 4) is 0 Å². The molecule has 2 unspecified atom stereocenters. The first kappa shape index (κ1) is 35.8. The van der Waals surface area contributed by atoms with E-state index in [9.17, 15) is 21.6 Å². The third-order valence-electron chi connectivity index (χ3n) is 5.29. The van der Waals surface area contributed by atoms with Gasteiger partial charge in [0.2, 0.25) is 0 Å². The van der Waals surface area contributed by atoms with Gasteiger partial charge in [0, 0.05) is 37.3 Å². The van der Waals surface area contributed by atoms with E-state index >= 15 is 0 Å². The molecule has 2 aromatic rings. The van der Waals surface area contributed by atoms with Gasteiger partial charge >= 0.3 is 6.09 Å². The van der Waals surface area contributed by atoms with Crippen molar-refractivity contribution in [3.63, 3.8) is 0 Å². The zero-order chi connectivity index (χ0) is 28.4. The largest absolute Gasteiger partial charge is 0.444 e. The molecule has 0 fully saturated rings. The minimum absolute atomic E-state index is 0. The molecule has 0 saturated heterocycles. The summed E-state index contributed by atoms with van der Waals surface area (Å²) in [4.78, 5) is 20.3. The van der Waals surface area contributed by atoms with Crippen LogP contribution in [0.25, 0.3) is 0 Å². The average molecular weight is 592 g/mol. The molecule has 9 nitrogen and oxygen atoms in total. The lowest BCUT2D eigenvalue weighted by molar-refractivity contribution is 0.0500. The van der Waals surface area contributed by atoms with Crippen LogP contribution < -0.4 is 5.32 Å². The maximum Gasteiger partial charge on any atom is 0.408 e. The fourth-order valence-corrected chi connectivity index (χ4v) is 4.60. The molecule has 1 amide bonds. The van der Waals surface area contributed by atoms with Crippen LogP contribution in [0.15, 0.2) is 46.7 Å². The number of aromatic nitrogens is 2. The minimum atomic E-state index is -3.34. The molecule has 0 saturated carbocycles. The van der Waals surface area contributed by atoms with Gasteiger partial charge in [-0.15, -0.1) is 12.4 Å². The lowest BCUT2D eigenvalue weighted by Crippen LogP contribution is -2.35. The second-order valence-corrected chi connectivity index (χ2v) is 14.2. The summed E-state index contributed by atoms with van der Waals surface area (Å²) < 4.78 is 51.1. The molecule has 2 atom stereocenters. The van der Waals surface area contributed by atoms with Crippen LogP contribution >= 0.6 is 12.4 Å². The number of hydrogen-bond donors (Lipinski definition) is 1. The summed E-state index contributed by atoms with van der Waals surface area (Å²) >= 11 is 0. The van der Waals surface area contributed by atoms with Gasteiger partial charge in [-0.3, -0.25) is 9.97 Å². The van der Waals surface area contributed by atoms with Gasteiger partial charge in [0.15, 0.2) is 19.7 Å². The Morgan fingerprint density at radius 2 is 1.32 bits per heavy atom. The molecule has 2 rings (SSSR count). The van der Waals surface area contributed by atoms with Crippen molar-refractivity contribution in [2.45, 2.75) is 94.6 Å². The van der Waals surface area contributed by atoms with E-state index in [1.54, 1.807) is 45.3 Å².